The lowest BCUT2D eigenvalue weighted by Gasteiger charge is -2.15. The maximum atomic E-state index is 6.03. The summed E-state index contributed by atoms with van der Waals surface area (Å²) in [5.74, 6) is 1.37. The van der Waals surface area contributed by atoms with Gasteiger partial charge in [0.05, 0.1) is 7.11 Å². The van der Waals surface area contributed by atoms with Gasteiger partial charge in [0.25, 0.3) is 0 Å². The van der Waals surface area contributed by atoms with E-state index in [4.69, 9.17) is 21.1 Å². The minimum Gasteiger partial charge on any atom is -0.493 e. The van der Waals surface area contributed by atoms with Crippen molar-refractivity contribution in [2.75, 3.05) is 20.3 Å². The molecule has 0 saturated carbocycles. The van der Waals surface area contributed by atoms with Crippen LogP contribution in [0.5, 0.6) is 11.5 Å². The third-order valence-electron chi connectivity index (χ3n) is 2.23. The molecule has 17 heavy (non-hydrogen) atoms. The van der Waals surface area contributed by atoms with Gasteiger partial charge in [-0.2, -0.15) is 0 Å². The third-order valence-corrected chi connectivity index (χ3v) is 2.45. The van der Waals surface area contributed by atoms with Crippen molar-refractivity contribution < 1.29 is 9.47 Å². The van der Waals surface area contributed by atoms with Gasteiger partial charge in [-0.15, -0.1) is 0 Å². The minimum atomic E-state index is 0.442. The molecule has 3 nitrogen and oxygen atoms in total. The zero-order valence-corrected chi connectivity index (χ0v) is 11.0. The van der Waals surface area contributed by atoms with E-state index in [1.54, 1.807) is 19.3 Å². The summed E-state index contributed by atoms with van der Waals surface area (Å²) >= 11 is 6.03. The lowest BCUT2D eigenvalue weighted by Crippen LogP contribution is -2.13. The molecule has 0 heterocycles. The smallest absolute Gasteiger partial charge is 0.166 e. The van der Waals surface area contributed by atoms with Crippen LogP contribution in [0.2, 0.25) is 5.02 Å². The van der Waals surface area contributed by atoms with Gasteiger partial charge in [-0.1, -0.05) is 31.2 Å². The molecule has 0 bridgehead atoms. The molecule has 0 amide bonds. The summed E-state index contributed by atoms with van der Waals surface area (Å²) in [5.41, 5.74) is 0.984. The average molecular weight is 256 g/mol. The Hall–Kier alpha value is -1.19. The van der Waals surface area contributed by atoms with Gasteiger partial charge in [0.2, 0.25) is 0 Å². The zero-order chi connectivity index (χ0) is 12.7. The molecule has 0 aliphatic rings. The molecule has 1 N–H and O–H groups in total. The van der Waals surface area contributed by atoms with Gasteiger partial charge in [-0.25, -0.2) is 0 Å². The van der Waals surface area contributed by atoms with Crippen molar-refractivity contribution in [2.45, 2.75) is 13.5 Å². The van der Waals surface area contributed by atoms with E-state index in [0.717, 1.165) is 17.9 Å². The predicted octanol–water partition coefficient (Wildman–Crippen LogP) is 3.02. The van der Waals surface area contributed by atoms with Crippen molar-refractivity contribution in [2.24, 2.45) is 0 Å². The molecule has 1 aromatic carbocycles. The van der Waals surface area contributed by atoms with Gasteiger partial charge < -0.3 is 14.8 Å². The molecule has 0 fully saturated rings. The Balaban J connectivity index is 3.03. The van der Waals surface area contributed by atoms with Crippen LogP contribution in [0.1, 0.15) is 12.5 Å². The standard InChI is InChI=1S/C13H18ClNO2/c1-4-6-17-13-10(9-15-5-2)7-11(14)8-12(13)16-3/h4,7-8,15H,1,5-6,9H2,2-3H3. The molecular formula is C13H18ClNO2. The fourth-order valence-corrected chi connectivity index (χ4v) is 1.70. The van der Waals surface area contributed by atoms with E-state index in [2.05, 4.69) is 11.9 Å². The predicted molar refractivity (Wildman–Crippen MR) is 71.1 cm³/mol. The molecular weight excluding hydrogens is 238 g/mol. The largest absolute Gasteiger partial charge is 0.493 e. The van der Waals surface area contributed by atoms with Crippen molar-refractivity contribution in [3.63, 3.8) is 0 Å². The summed E-state index contributed by atoms with van der Waals surface area (Å²) in [6, 6.07) is 3.63. The number of ether oxygens (including phenoxy) is 2. The van der Waals surface area contributed by atoms with Crippen LogP contribution >= 0.6 is 11.6 Å². The second kappa shape index (κ2) is 7.20. The second-order valence-corrected chi connectivity index (χ2v) is 3.91. The summed E-state index contributed by atoms with van der Waals surface area (Å²) < 4.78 is 10.9. The zero-order valence-electron chi connectivity index (χ0n) is 10.3. The van der Waals surface area contributed by atoms with Crippen LogP contribution in [0.25, 0.3) is 0 Å². The van der Waals surface area contributed by atoms with Crippen molar-refractivity contribution in [1.82, 2.24) is 5.32 Å². The molecule has 0 aliphatic heterocycles. The first-order chi connectivity index (χ1) is 8.22. The van der Waals surface area contributed by atoms with Gasteiger partial charge in [0.15, 0.2) is 11.5 Å². The summed E-state index contributed by atoms with van der Waals surface area (Å²) in [6.07, 6.45) is 1.70. The van der Waals surface area contributed by atoms with Crippen molar-refractivity contribution >= 4 is 11.6 Å². The molecule has 1 rings (SSSR count). The number of benzene rings is 1. The highest BCUT2D eigenvalue weighted by molar-refractivity contribution is 6.30. The highest BCUT2D eigenvalue weighted by Gasteiger charge is 2.12. The maximum absolute atomic E-state index is 6.03. The number of rotatable bonds is 7. The fourth-order valence-electron chi connectivity index (χ4n) is 1.47. The monoisotopic (exact) mass is 255 g/mol. The van der Waals surface area contributed by atoms with Gasteiger partial charge in [-0.3, -0.25) is 0 Å². The number of hydrogen-bond donors (Lipinski definition) is 1. The third kappa shape index (κ3) is 3.95. The number of halogens is 1. The number of methoxy groups -OCH3 is 1. The van der Waals surface area contributed by atoms with Gasteiger partial charge in [-0.05, 0) is 12.6 Å². The Morgan fingerprint density at radius 2 is 2.24 bits per heavy atom. The molecule has 0 radical (unpaired) electrons. The first kappa shape index (κ1) is 13.9. The first-order valence-electron chi connectivity index (χ1n) is 5.53. The van der Waals surface area contributed by atoms with E-state index < -0.39 is 0 Å². The summed E-state index contributed by atoms with van der Waals surface area (Å²) in [4.78, 5) is 0. The second-order valence-electron chi connectivity index (χ2n) is 3.48. The van der Waals surface area contributed by atoms with E-state index >= 15 is 0 Å². The first-order valence-corrected chi connectivity index (χ1v) is 5.91. The van der Waals surface area contributed by atoms with Crippen LogP contribution in [0.15, 0.2) is 24.8 Å². The van der Waals surface area contributed by atoms with Gasteiger partial charge in [0.1, 0.15) is 6.61 Å². The molecule has 0 aromatic heterocycles. The van der Waals surface area contributed by atoms with Crippen LogP contribution in [0.3, 0.4) is 0 Å². The highest BCUT2D eigenvalue weighted by atomic mass is 35.5. The fraction of sp³-hybridized carbons (Fsp3) is 0.385. The summed E-state index contributed by atoms with van der Waals surface area (Å²) in [5, 5.41) is 3.88. The Morgan fingerprint density at radius 3 is 2.82 bits per heavy atom. The van der Waals surface area contributed by atoms with E-state index in [9.17, 15) is 0 Å². The van der Waals surface area contributed by atoms with Crippen LogP contribution in [0.4, 0.5) is 0 Å². The van der Waals surface area contributed by atoms with E-state index in [1.165, 1.54) is 0 Å². The topological polar surface area (TPSA) is 30.5 Å². The normalized spacial score (nSPS) is 10.1. The molecule has 0 atom stereocenters. The van der Waals surface area contributed by atoms with E-state index in [0.29, 0.717) is 23.9 Å². The molecule has 0 unspecified atom stereocenters. The Morgan fingerprint density at radius 1 is 1.47 bits per heavy atom. The molecule has 94 valence electrons. The Labute approximate surface area is 107 Å². The molecule has 0 spiro atoms. The van der Waals surface area contributed by atoms with Crippen molar-refractivity contribution in [1.29, 1.82) is 0 Å². The van der Waals surface area contributed by atoms with Crippen LogP contribution in [-0.4, -0.2) is 20.3 Å². The van der Waals surface area contributed by atoms with E-state index in [-0.39, 0.29) is 0 Å². The Kier molecular flexibility index (Phi) is 5.87. The maximum Gasteiger partial charge on any atom is 0.166 e. The molecule has 1 aromatic rings. The van der Waals surface area contributed by atoms with Crippen LogP contribution in [-0.2, 0) is 6.54 Å². The molecule has 0 aliphatic carbocycles. The Bertz CT molecular complexity index is 380. The van der Waals surface area contributed by atoms with E-state index in [1.807, 2.05) is 13.0 Å². The lowest BCUT2D eigenvalue weighted by atomic mass is 10.2. The number of hydrogen-bond acceptors (Lipinski definition) is 3. The summed E-state index contributed by atoms with van der Waals surface area (Å²) in [7, 11) is 1.60. The average Bonchev–Trinajstić information content (AvgIpc) is 2.34. The van der Waals surface area contributed by atoms with Crippen molar-refractivity contribution in [3.05, 3.63) is 35.4 Å². The van der Waals surface area contributed by atoms with Crippen molar-refractivity contribution in [3.8, 4) is 11.5 Å². The molecule has 4 heteroatoms. The number of nitrogens with one attached hydrogen (secondary N) is 1. The van der Waals surface area contributed by atoms with Crippen LogP contribution in [0, 0.1) is 0 Å². The minimum absolute atomic E-state index is 0.442. The highest BCUT2D eigenvalue weighted by Crippen LogP contribution is 2.34. The SMILES string of the molecule is C=CCOc1c(CNCC)cc(Cl)cc1OC. The lowest BCUT2D eigenvalue weighted by molar-refractivity contribution is 0.322. The van der Waals surface area contributed by atoms with Gasteiger partial charge >= 0.3 is 0 Å². The quantitative estimate of drug-likeness (QED) is 0.760. The summed E-state index contributed by atoms with van der Waals surface area (Å²) in [6.45, 7) is 7.70. The van der Waals surface area contributed by atoms with Gasteiger partial charge in [0, 0.05) is 23.2 Å². The van der Waals surface area contributed by atoms with Crippen LogP contribution < -0.4 is 14.8 Å². The molecule has 0 saturated heterocycles.